The number of nitrogens with zero attached hydrogens (tertiary/aromatic N) is 3. The number of rotatable bonds is 5. The summed E-state index contributed by atoms with van der Waals surface area (Å²) in [5.74, 6) is 0.382. The summed E-state index contributed by atoms with van der Waals surface area (Å²) in [5, 5.41) is 22.1. The molecule has 0 aliphatic heterocycles. The maximum atomic E-state index is 12.9. The number of hydrogen-bond donors (Lipinski definition) is 1. The van der Waals surface area contributed by atoms with Crippen LogP contribution in [0.3, 0.4) is 0 Å². The molecular formula is C25H28N4OS. The molecule has 3 rings (SSSR count). The summed E-state index contributed by atoms with van der Waals surface area (Å²) in [5.41, 5.74) is 3.89. The van der Waals surface area contributed by atoms with Crippen LogP contribution in [0.4, 0.5) is 5.69 Å². The zero-order chi connectivity index (χ0) is 22.6. The molecule has 1 aliphatic rings. The van der Waals surface area contributed by atoms with E-state index < -0.39 is 5.25 Å². The number of thioether (sulfide) groups is 1. The van der Waals surface area contributed by atoms with Gasteiger partial charge in [-0.15, -0.1) is 0 Å². The fourth-order valence-corrected chi connectivity index (χ4v) is 4.91. The number of aromatic nitrogens is 1. The van der Waals surface area contributed by atoms with Gasteiger partial charge in [0.25, 0.3) is 0 Å². The lowest BCUT2D eigenvalue weighted by atomic mass is 9.71. The summed E-state index contributed by atoms with van der Waals surface area (Å²) < 4.78 is 0. The Morgan fingerprint density at radius 2 is 1.97 bits per heavy atom. The second-order valence-corrected chi connectivity index (χ2v) is 10.2. The quantitative estimate of drug-likeness (QED) is 0.631. The molecule has 2 aromatic rings. The van der Waals surface area contributed by atoms with Crippen LogP contribution in [-0.4, -0.2) is 16.1 Å². The van der Waals surface area contributed by atoms with Gasteiger partial charge in [-0.1, -0.05) is 51.6 Å². The van der Waals surface area contributed by atoms with Crippen LogP contribution < -0.4 is 5.32 Å². The zero-order valence-electron chi connectivity index (χ0n) is 18.5. The molecule has 0 saturated carbocycles. The van der Waals surface area contributed by atoms with E-state index >= 15 is 0 Å². The molecule has 1 N–H and O–H groups in total. The van der Waals surface area contributed by atoms with Gasteiger partial charge in [0.1, 0.15) is 17.2 Å². The number of para-hydroxylation sites is 1. The molecule has 0 saturated heterocycles. The predicted molar refractivity (Wildman–Crippen MR) is 124 cm³/mol. The summed E-state index contributed by atoms with van der Waals surface area (Å²) in [6.45, 7) is 8.73. The van der Waals surface area contributed by atoms with Crippen molar-refractivity contribution in [1.29, 1.82) is 10.5 Å². The van der Waals surface area contributed by atoms with Crippen LogP contribution in [0.25, 0.3) is 0 Å². The monoisotopic (exact) mass is 432 g/mol. The normalized spacial score (nSPS) is 16.5. The minimum absolute atomic E-state index is 0.189. The number of nitrogens with one attached hydrogen (secondary N) is 1. The van der Waals surface area contributed by atoms with E-state index in [0.29, 0.717) is 34.2 Å². The molecule has 5 nitrogen and oxygen atoms in total. The molecule has 6 heteroatoms. The Hall–Kier alpha value is -2.83. The lowest BCUT2D eigenvalue weighted by molar-refractivity contribution is -0.115. The van der Waals surface area contributed by atoms with Crippen LogP contribution in [-0.2, 0) is 17.6 Å². The van der Waals surface area contributed by atoms with Crippen LogP contribution in [0.5, 0.6) is 0 Å². The number of benzene rings is 1. The fraction of sp³-hybridized carbons (Fsp3) is 0.440. The van der Waals surface area contributed by atoms with Gasteiger partial charge in [-0.25, -0.2) is 4.98 Å². The van der Waals surface area contributed by atoms with E-state index in [1.165, 1.54) is 11.8 Å². The summed E-state index contributed by atoms with van der Waals surface area (Å²) in [6, 6.07) is 13.3. The lowest BCUT2D eigenvalue weighted by Crippen LogP contribution is -2.28. The molecule has 0 spiro atoms. The van der Waals surface area contributed by atoms with Gasteiger partial charge >= 0.3 is 0 Å². The van der Waals surface area contributed by atoms with Gasteiger partial charge < -0.3 is 5.32 Å². The Labute approximate surface area is 188 Å². The van der Waals surface area contributed by atoms with Crippen LogP contribution in [0, 0.1) is 34.0 Å². The van der Waals surface area contributed by atoms with E-state index in [0.717, 1.165) is 30.5 Å². The van der Waals surface area contributed by atoms with Crippen molar-refractivity contribution in [3.8, 4) is 12.1 Å². The number of carbonyl (C=O) groups excluding carboxylic acids is 1. The summed E-state index contributed by atoms with van der Waals surface area (Å²) in [6.07, 6.45) is 3.51. The number of amides is 1. The van der Waals surface area contributed by atoms with Crippen LogP contribution in [0.15, 0.2) is 35.4 Å². The number of anilines is 1. The minimum Gasteiger partial charge on any atom is -0.324 e. The Balaban J connectivity index is 1.81. The highest BCUT2D eigenvalue weighted by atomic mass is 32.2. The fourth-order valence-electron chi connectivity index (χ4n) is 3.91. The molecule has 0 bridgehead atoms. The maximum absolute atomic E-state index is 12.9. The maximum Gasteiger partial charge on any atom is 0.237 e. The highest BCUT2D eigenvalue weighted by Gasteiger charge is 2.30. The molecule has 1 amide bonds. The molecule has 1 heterocycles. The second-order valence-electron chi connectivity index (χ2n) is 9.03. The summed E-state index contributed by atoms with van der Waals surface area (Å²) in [7, 11) is 0. The van der Waals surface area contributed by atoms with Gasteiger partial charge in [0.05, 0.1) is 22.1 Å². The number of hydrogen-bond acceptors (Lipinski definition) is 5. The van der Waals surface area contributed by atoms with Crippen molar-refractivity contribution >= 4 is 23.4 Å². The van der Waals surface area contributed by atoms with Crippen LogP contribution >= 0.6 is 11.8 Å². The topological polar surface area (TPSA) is 89.6 Å². The van der Waals surface area contributed by atoms with Gasteiger partial charge in [0.15, 0.2) is 0 Å². The standard InChI is InChI=1S/C25H28N4OS/c1-5-22(23(30)28-20-9-7-6-8-16(20)14-26)31-24-18(15-27)12-17-13-19(25(2,3)4)10-11-21(17)29-24/h6-9,12,19,22H,5,10-11,13H2,1-4H3,(H,28,30). The highest BCUT2D eigenvalue weighted by Crippen LogP contribution is 2.38. The van der Waals surface area contributed by atoms with Crippen LogP contribution in [0.1, 0.15) is 62.9 Å². The number of aryl methyl sites for hydroxylation is 1. The van der Waals surface area contributed by atoms with Crippen molar-refractivity contribution in [3.63, 3.8) is 0 Å². The Bertz CT molecular complexity index is 1060. The van der Waals surface area contributed by atoms with Crippen molar-refractivity contribution in [3.05, 3.63) is 52.7 Å². The largest absolute Gasteiger partial charge is 0.324 e. The van der Waals surface area contributed by atoms with E-state index in [2.05, 4.69) is 38.2 Å². The molecule has 31 heavy (non-hydrogen) atoms. The molecule has 0 radical (unpaired) electrons. The van der Waals surface area contributed by atoms with Crippen LogP contribution in [0.2, 0.25) is 0 Å². The van der Waals surface area contributed by atoms with E-state index in [1.54, 1.807) is 24.3 Å². The Morgan fingerprint density at radius 3 is 2.61 bits per heavy atom. The molecule has 2 atom stereocenters. The third kappa shape index (κ3) is 5.27. The third-order valence-corrected chi connectivity index (χ3v) is 7.29. The number of carbonyl (C=O) groups is 1. The highest BCUT2D eigenvalue weighted by molar-refractivity contribution is 8.00. The van der Waals surface area contributed by atoms with E-state index in [-0.39, 0.29) is 11.3 Å². The van der Waals surface area contributed by atoms with Crippen molar-refractivity contribution in [1.82, 2.24) is 4.98 Å². The minimum atomic E-state index is -0.407. The number of pyridine rings is 1. The van der Waals surface area contributed by atoms with Gasteiger partial charge in [0.2, 0.25) is 5.91 Å². The van der Waals surface area contributed by atoms with Crippen molar-refractivity contribution in [2.75, 3.05) is 5.32 Å². The first-order valence-corrected chi connectivity index (χ1v) is 11.5. The molecule has 160 valence electrons. The zero-order valence-corrected chi connectivity index (χ0v) is 19.3. The molecule has 2 unspecified atom stereocenters. The average Bonchev–Trinajstić information content (AvgIpc) is 2.76. The molecule has 1 aliphatic carbocycles. The molecule has 0 fully saturated rings. The SMILES string of the molecule is CCC(Sc1nc2c(cc1C#N)CC(C(C)(C)C)CC2)C(=O)Nc1ccccc1C#N. The molecule has 1 aromatic heterocycles. The van der Waals surface area contributed by atoms with E-state index in [4.69, 9.17) is 4.98 Å². The van der Waals surface area contributed by atoms with Crippen molar-refractivity contribution in [2.45, 2.75) is 63.7 Å². The predicted octanol–water partition coefficient (Wildman–Crippen LogP) is 5.49. The third-order valence-electron chi connectivity index (χ3n) is 5.92. The summed E-state index contributed by atoms with van der Waals surface area (Å²) >= 11 is 1.33. The van der Waals surface area contributed by atoms with Gasteiger partial charge in [-0.2, -0.15) is 10.5 Å². The lowest BCUT2D eigenvalue weighted by Gasteiger charge is -2.34. The van der Waals surface area contributed by atoms with Crippen molar-refractivity contribution in [2.24, 2.45) is 11.3 Å². The first kappa shape index (κ1) is 22.8. The Morgan fingerprint density at radius 1 is 1.26 bits per heavy atom. The number of fused-ring (bicyclic) bond motifs is 1. The molecule has 1 aromatic carbocycles. The number of nitriles is 2. The van der Waals surface area contributed by atoms with Gasteiger partial charge in [-0.05, 0) is 60.8 Å². The second kappa shape index (κ2) is 9.54. The first-order valence-electron chi connectivity index (χ1n) is 10.7. The Kier molecular flexibility index (Phi) is 7.03. The molecular weight excluding hydrogens is 404 g/mol. The van der Waals surface area contributed by atoms with Gasteiger partial charge in [0, 0.05) is 5.69 Å². The van der Waals surface area contributed by atoms with Gasteiger partial charge in [-0.3, -0.25) is 4.79 Å². The first-order chi connectivity index (χ1) is 14.8. The van der Waals surface area contributed by atoms with Crippen molar-refractivity contribution < 1.29 is 4.79 Å². The smallest absolute Gasteiger partial charge is 0.237 e. The average molecular weight is 433 g/mol. The summed E-state index contributed by atoms with van der Waals surface area (Å²) in [4.78, 5) is 17.7. The van der Waals surface area contributed by atoms with E-state index in [9.17, 15) is 15.3 Å². The van der Waals surface area contributed by atoms with E-state index in [1.807, 2.05) is 13.0 Å².